The zero-order valence-electron chi connectivity index (χ0n) is 31.0. The quantitative estimate of drug-likeness (QED) is 0.0662. The molecule has 4 aromatic rings. The molecule has 0 aliphatic rings. The van der Waals surface area contributed by atoms with Crippen LogP contribution in [0.1, 0.15) is 71.4 Å². The van der Waals surface area contributed by atoms with Gasteiger partial charge in [-0.3, -0.25) is 0 Å². The molecule has 0 unspecified atom stereocenters. The van der Waals surface area contributed by atoms with Crippen LogP contribution in [0.3, 0.4) is 0 Å². The van der Waals surface area contributed by atoms with Crippen LogP contribution < -0.4 is 14.2 Å². The monoisotopic (exact) mass is 754 g/mol. The third-order valence-corrected chi connectivity index (χ3v) is 9.10. The molecular formula is C39H49F7N4O3. The minimum atomic E-state index is -5.02. The lowest BCUT2D eigenvalue weighted by Gasteiger charge is -2.18. The van der Waals surface area contributed by atoms with Gasteiger partial charge in [0.05, 0.1) is 29.9 Å². The van der Waals surface area contributed by atoms with E-state index in [-0.39, 0.29) is 17.1 Å². The number of unbranched alkanes of at least 4 members (excludes halogenated alkanes) is 1. The minimum Gasteiger partial charge on any atom is -0.493 e. The Bertz CT molecular complexity index is 1770. The third-order valence-electron chi connectivity index (χ3n) is 9.10. The predicted molar refractivity (Wildman–Crippen MR) is 192 cm³/mol. The second kappa shape index (κ2) is 18.8. The number of alkyl halides is 6. The highest BCUT2D eigenvalue weighted by Gasteiger charge is 2.37. The topological polar surface area (TPSA) is 52.0 Å². The molecule has 14 heteroatoms. The van der Waals surface area contributed by atoms with Crippen LogP contribution in [0, 0.1) is 5.82 Å². The summed E-state index contributed by atoms with van der Waals surface area (Å²) in [5, 5.41) is 0. The summed E-state index contributed by atoms with van der Waals surface area (Å²) >= 11 is 0. The van der Waals surface area contributed by atoms with E-state index in [1.807, 2.05) is 6.92 Å². The number of ether oxygens (including phenoxy) is 3. The van der Waals surface area contributed by atoms with Crippen LogP contribution in [-0.4, -0.2) is 71.8 Å². The van der Waals surface area contributed by atoms with Gasteiger partial charge in [0.15, 0.2) is 5.75 Å². The van der Waals surface area contributed by atoms with Crippen molar-refractivity contribution in [2.75, 3.05) is 52.5 Å². The summed E-state index contributed by atoms with van der Waals surface area (Å²) in [5.41, 5.74) is -2.01. The smallest absolute Gasteiger partial charge is 0.419 e. The van der Waals surface area contributed by atoms with Crippen molar-refractivity contribution in [1.29, 1.82) is 0 Å². The molecule has 1 heterocycles. The molecule has 292 valence electrons. The van der Waals surface area contributed by atoms with E-state index < -0.39 is 35.0 Å². The molecule has 1 aromatic heterocycles. The first-order valence-corrected chi connectivity index (χ1v) is 18.2. The van der Waals surface area contributed by atoms with Crippen molar-refractivity contribution in [3.8, 4) is 34.4 Å². The van der Waals surface area contributed by atoms with Gasteiger partial charge >= 0.3 is 12.4 Å². The third kappa shape index (κ3) is 11.0. The molecule has 0 aliphatic heterocycles. The maximum absolute atomic E-state index is 14.8. The molecule has 0 amide bonds. The van der Waals surface area contributed by atoms with E-state index in [0.717, 1.165) is 64.6 Å². The molecule has 0 radical (unpaired) electrons. The van der Waals surface area contributed by atoms with Gasteiger partial charge in [-0.1, -0.05) is 41.0 Å². The predicted octanol–water partition coefficient (Wildman–Crippen LogP) is 10.7. The van der Waals surface area contributed by atoms with E-state index in [9.17, 15) is 30.7 Å². The first-order chi connectivity index (χ1) is 25.2. The molecular weight excluding hydrogens is 705 g/mol. The summed E-state index contributed by atoms with van der Waals surface area (Å²) in [4.78, 5) is 9.31. The normalized spacial score (nSPS) is 12.3. The van der Waals surface area contributed by atoms with E-state index in [0.29, 0.717) is 66.9 Å². The Labute approximate surface area is 306 Å². The fraction of sp³-hybridized carbons (Fsp3) is 0.513. The number of hydrogen-bond acceptors (Lipinski definition) is 6. The highest BCUT2D eigenvalue weighted by atomic mass is 19.4. The molecule has 0 aliphatic carbocycles. The number of imidazole rings is 1. The number of aromatic nitrogens is 2. The van der Waals surface area contributed by atoms with Crippen LogP contribution in [0.15, 0.2) is 48.5 Å². The van der Waals surface area contributed by atoms with Gasteiger partial charge in [0.25, 0.3) is 0 Å². The van der Waals surface area contributed by atoms with Crippen molar-refractivity contribution >= 4 is 11.0 Å². The second-order valence-electron chi connectivity index (χ2n) is 12.6. The van der Waals surface area contributed by atoms with Crippen molar-refractivity contribution in [3.05, 3.63) is 65.5 Å². The molecule has 0 fully saturated rings. The zero-order valence-corrected chi connectivity index (χ0v) is 31.0. The van der Waals surface area contributed by atoms with Crippen LogP contribution in [0.2, 0.25) is 0 Å². The highest BCUT2D eigenvalue weighted by molar-refractivity contribution is 5.88. The van der Waals surface area contributed by atoms with Gasteiger partial charge in [0, 0.05) is 37.3 Å². The molecule has 3 aromatic carbocycles. The first kappa shape index (κ1) is 41.7. The Balaban J connectivity index is 1.79. The Morgan fingerprint density at radius 2 is 1.23 bits per heavy atom. The largest absolute Gasteiger partial charge is 0.493 e. The van der Waals surface area contributed by atoms with E-state index in [1.165, 1.54) is 12.1 Å². The average molecular weight is 755 g/mol. The lowest BCUT2D eigenvalue weighted by molar-refractivity contribution is -0.140. The molecule has 0 bridgehead atoms. The Hall–Kier alpha value is -4.04. The van der Waals surface area contributed by atoms with Gasteiger partial charge < -0.3 is 28.6 Å². The number of fused-ring (bicyclic) bond motifs is 1. The standard InChI is InChI=1S/C39H49F7N4O3/c1-6-11-20-50-34-25-29(51-21-12-18-48(7-2)8-3)26-35(52-22-13-19-49(9-4)10-5)36(34)47-37(50)30-16-14-27(23-31(30)38(41,42)43)53-28-15-17-33(40)32(24-28)39(44,45)46/h14-17,23-26H,6-13,18-22H2,1-5H3. The minimum absolute atomic E-state index is 0.0418. The van der Waals surface area contributed by atoms with Gasteiger partial charge in [0.1, 0.15) is 34.4 Å². The van der Waals surface area contributed by atoms with Crippen molar-refractivity contribution < 1.29 is 44.9 Å². The molecule has 0 N–H and O–H groups in total. The SMILES string of the molecule is CCCCn1c(-c2ccc(Oc3ccc(F)c(C(F)(F)F)c3)cc2C(F)(F)F)nc2c(OCCCN(CC)CC)cc(OCCCN(CC)CC)cc21. The summed E-state index contributed by atoms with van der Waals surface area (Å²) in [6.45, 7) is 16.8. The fourth-order valence-corrected chi connectivity index (χ4v) is 6.07. The Morgan fingerprint density at radius 1 is 0.660 bits per heavy atom. The van der Waals surface area contributed by atoms with Gasteiger partial charge in [-0.15, -0.1) is 0 Å². The van der Waals surface area contributed by atoms with Crippen LogP contribution >= 0.6 is 0 Å². The maximum Gasteiger partial charge on any atom is 0.419 e. The average Bonchev–Trinajstić information content (AvgIpc) is 3.49. The summed E-state index contributed by atoms with van der Waals surface area (Å²) < 4.78 is 118. The second-order valence-corrected chi connectivity index (χ2v) is 12.6. The van der Waals surface area contributed by atoms with Gasteiger partial charge in [-0.25, -0.2) is 9.37 Å². The molecule has 7 nitrogen and oxygen atoms in total. The molecule has 53 heavy (non-hydrogen) atoms. The van der Waals surface area contributed by atoms with Crippen molar-refractivity contribution in [2.45, 2.75) is 79.2 Å². The number of nitrogens with zero attached hydrogens (tertiary/aromatic N) is 4. The van der Waals surface area contributed by atoms with Crippen LogP contribution in [0.25, 0.3) is 22.4 Å². The fourth-order valence-electron chi connectivity index (χ4n) is 6.07. The first-order valence-electron chi connectivity index (χ1n) is 18.2. The molecule has 0 atom stereocenters. The van der Waals surface area contributed by atoms with Crippen molar-refractivity contribution in [3.63, 3.8) is 0 Å². The van der Waals surface area contributed by atoms with E-state index >= 15 is 0 Å². The van der Waals surface area contributed by atoms with E-state index in [1.54, 1.807) is 16.7 Å². The molecule has 4 rings (SSSR count). The van der Waals surface area contributed by atoms with E-state index in [4.69, 9.17) is 19.2 Å². The zero-order chi connectivity index (χ0) is 38.8. The van der Waals surface area contributed by atoms with Crippen molar-refractivity contribution in [2.24, 2.45) is 0 Å². The Morgan fingerprint density at radius 3 is 1.79 bits per heavy atom. The Kier molecular flexibility index (Phi) is 14.8. The van der Waals surface area contributed by atoms with E-state index in [2.05, 4.69) is 37.5 Å². The van der Waals surface area contributed by atoms with Gasteiger partial charge in [0.2, 0.25) is 0 Å². The number of aryl methyl sites for hydroxylation is 1. The molecule has 0 saturated carbocycles. The lowest BCUT2D eigenvalue weighted by atomic mass is 10.1. The van der Waals surface area contributed by atoms with Gasteiger partial charge in [-0.2, -0.15) is 26.3 Å². The summed E-state index contributed by atoms with van der Waals surface area (Å²) in [5.74, 6) is -1.43. The van der Waals surface area contributed by atoms with Gasteiger partial charge in [-0.05, 0) is 81.8 Å². The lowest BCUT2D eigenvalue weighted by Crippen LogP contribution is -2.25. The molecule has 0 spiro atoms. The van der Waals surface area contributed by atoms with Crippen LogP contribution in [0.5, 0.6) is 23.0 Å². The summed E-state index contributed by atoms with van der Waals surface area (Å²) in [6, 6.07) is 8.52. The summed E-state index contributed by atoms with van der Waals surface area (Å²) in [7, 11) is 0. The number of halogens is 7. The van der Waals surface area contributed by atoms with Crippen LogP contribution in [-0.2, 0) is 18.9 Å². The highest BCUT2D eigenvalue weighted by Crippen LogP contribution is 2.43. The van der Waals surface area contributed by atoms with Crippen LogP contribution in [0.4, 0.5) is 30.7 Å². The van der Waals surface area contributed by atoms with Crippen molar-refractivity contribution in [1.82, 2.24) is 19.4 Å². The number of rotatable bonds is 20. The molecule has 0 saturated heterocycles. The summed E-state index contributed by atoms with van der Waals surface area (Å²) in [6.07, 6.45) is -7.02. The number of hydrogen-bond donors (Lipinski definition) is 0. The number of benzene rings is 3. The maximum atomic E-state index is 14.8.